The SMILES string of the molecule is C=C(C)CCNSCC1O[C@H]2O[C@@H]3C(CO)O[C@@H](O[C@@H]4C(CO)O[C@@H](O[C@@H]5C(C[C@@](C)(CC)SCCN)O[C@@H](O[C@@H]6C(CO)O[C@H](O[C@@H]7C(CO)O[C@H](O[C@@H]8C(CO)O[C@@H](O[C@H]1[C@H](O)C2O)C(O)[C@H]8O)[C@@H](O)C7O)[C@@H](O)C6O)[C@@H](O)C5O)[C@@H](O)C4O)C(O)[C@H]3O. The van der Waals surface area contributed by atoms with Crippen LogP contribution in [0.15, 0.2) is 12.2 Å². The number of rotatable bonds is 17. The van der Waals surface area contributed by atoms with E-state index in [1.165, 1.54) is 11.8 Å². The Morgan fingerprint density at radius 3 is 0.889 bits per heavy atom. The Hall–Kier alpha value is -0.960. The highest BCUT2D eigenvalue weighted by atomic mass is 32.2. The van der Waals surface area contributed by atoms with Crippen LogP contribution in [0.3, 0.4) is 0 Å². The molecule has 0 aliphatic carbocycles. The molecule has 0 aromatic carbocycles. The van der Waals surface area contributed by atoms with Gasteiger partial charge in [-0.2, -0.15) is 11.8 Å². The molecule has 21 fully saturated rings. The molecule has 21 rings (SSSR count). The smallest absolute Gasteiger partial charge is 0.187 e. The molecule has 0 saturated carbocycles. The first kappa shape index (κ1) is 74.8. The van der Waals surface area contributed by atoms with Gasteiger partial charge in [0.2, 0.25) is 0 Å². The normalized spacial score (nSPS) is 49.8. The Morgan fingerprint density at radius 1 is 0.400 bits per heavy atom. The lowest BCUT2D eigenvalue weighted by Crippen LogP contribution is -2.68. The van der Waals surface area contributed by atoms with Gasteiger partial charge in [0.1, 0.15) is 159 Å². The predicted octanol–water partition coefficient (Wildman–Crippen LogP) is -10.8. The van der Waals surface area contributed by atoms with Crippen LogP contribution in [-0.2, 0) is 66.3 Å². The summed E-state index contributed by atoms with van der Waals surface area (Å²) in [5.41, 5.74) is 6.70. The van der Waals surface area contributed by atoms with Crippen molar-refractivity contribution in [3.8, 4) is 0 Å². The van der Waals surface area contributed by atoms with Crippen molar-refractivity contribution in [2.24, 2.45) is 5.73 Å². The molecule has 35 nitrogen and oxygen atoms in total. The molecule has 0 aromatic heterocycles. The molecule has 0 aromatic rings. The van der Waals surface area contributed by atoms with Gasteiger partial charge in [-0.3, -0.25) is 4.72 Å². The fourth-order valence-electron chi connectivity index (χ4n) is 11.9. The van der Waals surface area contributed by atoms with Crippen molar-refractivity contribution >= 4 is 23.7 Å². The zero-order chi connectivity index (χ0) is 65.8. The summed E-state index contributed by atoms with van der Waals surface area (Å²) in [5, 5.41) is 216. The van der Waals surface area contributed by atoms with E-state index in [-0.39, 0.29) is 18.7 Å². The van der Waals surface area contributed by atoms with Crippen molar-refractivity contribution in [2.45, 2.75) is 260 Å². The molecule has 37 heteroatoms. The number of aliphatic hydroxyl groups excluding tert-OH is 19. The average Bonchev–Trinajstić information content (AvgIpc) is 0.856. The molecule has 14 unspecified atom stereocenters. The molecule has 22 N–H and O–H groups in total. The molecule has 0 radical (unpaired) electrons. The summed E-state index contributed by atoms with van der Waals surface area (Å²) in [4.78, 5) is 0. The highest BCUT2D eigenvalue weighted by Gasteiger charge is 2.60. The monoisotopic (exact) mass is 1350 g/mol. The first-order chi connectivity index (χ1) is 42.8. The maximum absolute atomic E-state index is 12.0. The van der Waals surface area contributed by atoms with Crippen molar-refractivity contribution in [2.75, 3.05) is 57.6 Å². The molecule has 21 heterocycles. The zero-order valence-electron chi connectivity index (χ0n) is 49.5. The van der Waals surface area contributed by atoms with Crippen LogP contribution in [-0.4, -0.2) is 374 Å². The number of hydrogen-bond donors (Lipinski definition) is 21. The van der Waals surface area contributed by atoms with Crippen molar-refractivity contribution < 1.29 is 163 Å². The van der Waals surface area contributed by atoms with Crippen LogP contribution in [0.2, 0.25) is 0 Å². The van der Waals surface area contributed by atoms with E-state index in [2.05, 4.69) is 11.3 Å². The number of hydrogen-bond acceptors (Lipinski definition) is 37. The van der Waals surface area contributed by atoms with E-state index in [1.807, 2.05) is 13.8 Å². The van der Waals surface area contributed by atoms with Gasteiger partial charge in [-0.05, 0) is 26.2 Å². The van der Waals surface area contributed by atoms with Gasteiger partial charge in [0.15, 0.2) is 44.0 Å². The molecule has 21 saturated heterocycles. The maximum Gasteiger partial charge on any atom is 0.187 e. The lowest BCUT2D eigenvalue weighted by molar-refractivity contribution is -0.396. The van der Waals surface area contributed by atoms with Gasteiger partial charge in [-0.1, -0.05) is 31.4 Å². The topological polar surface area (TPSA) is 552 Å². The first-order valence-electron chi connectivity index (χ1n) is 29.9. The summed E-state index contributed by atoms with van der Waals surface area (Å²) in [6, 6.07) is 0. The minimum Gasteiger partial charge on any atom is -0.394 e. The van der Waals surface area contributed by atoms with Crippen LogP contribution in [0.1, 0.15) is 40.0 Å². The predicted molar refractivity (Wildman–Crippen MR) is 299 cm³/mol. The Morgan fingerprint density at radius 2 is 0.644 bits per heavy atom. The second-order valence-corrected chi connectivity index (χ2v) is 26.4. The van der Waals surface area contributed by atoms with Gasteiger partial charge < -0.3 is 169 Å². The summed E-state index contributed by atoms with van der Waals surface area (Å²) in [6.45, 7) is 4.91. The van der Waals surface area contributed by atoms with Crippen molar-refractivity contribution in [3.05, 3.63) is 12.2 Å². The zero-order valence-corrected chi connectivity index (χ0v) is 51.1. The van der Waals surface area contributed by atoms with E-state index < -0.39 is 253 Å². The second-order valence-electron chi connectivity index (χ2n) is 23.8. The van der Waals surface area contributed by atoms with Crippen LogP contribution in [0.25, 0.3) is 0 Å². The van der Waals surface area contributed by atoms with E-state index in [4.69, 9.17) is 72.0 Å². The summed E-state index contributed by atoms with van der Waals surface area (Å²) in [7, 11) is 0. The van der Waals surface area contributed by atoms with Gasteiger partial charge >= 0.3 is 0 Å². The molecule has 21 aliphatic heterocycles. The molecule has 36 atom stereocenters. The Labute approximate surface area is 525 Å². The number of ether oxygens (including phenoxy) is 14. The van der Waals surface area contributed by atoms with Crippen LogP contribution >= 0.6 is 23.7 Å². The van der Waals surface area contributed by atoms with Gasteiger partial charge in [-0.25, -0.2) is 0 Å². The standard InChI is InChI=1S/C53H92N2O33S2/c1-5-53(4,89-9-7-54)10-18-39-25(61)32(68)46(75-18)83-40-19(11-56)77-48(34(70)27(40)63)85-42-21(13-58)78-49(35(71)28(42)64)86-43-22(14-59)80-51(37(73)30(43)66)88-45-24(16-90-55-8-6-17(2)3)81-52(38(74)31(45)67)87-44-23(15-60)79-50(36(72)29(44)65)84-41-20(12-57)76-47(82-39)33(69)26(41)62/h18-52,55-74H,2,5-16,54H2,1,3-4H3/t18?,19?,20?,21?,22?,23?,24?,25?,26?,27?,28?,29-,30-,31-,32+,33+,34+,35+,36?,37?,38?,39-,40-,41-,42-,43-,44-,45-,46+,47+,48-,49-,50+,51+,52+,53-/m1/s1. The third kappa shape index (κ3) is 16.4. The minimum atomic E-state index is -2.19. The molecule has 0 spiro atoms. The first-order valence-corrected chi connectivity index (χ1v) is 31.8. The van der Waals surface area contributed by atoms with Gasteiger partial charge in [0.25, 0.3) is 0 Å². The molecule has 524 valence electrons. The molecular weight excluding hydrogens is 1260 g/mol. The summed E-state index contributed by atoms with van der Waals surface area (Å²) < 4.78 is 85.9. The fourth-order valence-corrected chi connectivity index (χ4v) is 13.8. The minimum absolute atomic E-state index is 0.0473. The Kier molecular flexibility index (Phi) is 27.5. The fraction of sp³-hybridized carbons (Fsp3) is 0.962. The van der Waals surface area contributed by atoms with E-state index >= 15 is 0 Å². The molecule has 14 bridgehead atoms. The summed E-state index contributed by atoms with van der Waals surface area (Å²) in [6.07, 6.45) is -66.9. The average molecular weight is 1350 g/mol. The maximum atomic E-state index is 12.0. The summed E-state index contributed by atoms with van der Waals surface area (Å²) in [5.74, 6) is 0.272. The number of aliphatic hydroxyl groups is 19. The van der Waals surface area contributed by atoms with Gasteiger partial charge in [0.05, 0.1) is 45.2 Å². The second kappa shape index (κ2) is 33.1. The number of thioether (sulfide) groups is 1. The molecule has 90 heavy (non-hydrogen) atoms. The van der Waals surface area contributed by atoms with Crippen LogP contribution < -0.4 is 10.5 Å². The van der Waals surface area contributed by atoms with Crippen LogP contribution in [0, 0.1) is 0 Å². The number of nitrogens with one attached hydrogen (secondary N) is 1. The van der Waals surface area contributed by atoms with Crippen LogP contribution in [0.5, 0.6) is 0 Å². The van der Waals surface area contributed by atoms with Gasteiger partial charge in [0, 0.05) is 29.3 Å². The van der Waals surface area contributed by atoms with Crippen molar-refractivity contribution in [1.82, 2.24) is 4.72 Å². The molecule has 0 amide bonds. The quantitative estimate of drug-likeness (QED) is 0.0365. The molecular formula is C53H92N2O33S2. The van der Waals surface area contributed by atoms with E-state index in [9.17, 15) is 97.0 Å². The highest BCUT2D eigenvalue weighted by molar-refractivity contribution is 8.00. The van der Waals surface area contributed by atoms with Gasteiger partial charge in [-0.15, -0.1) is 6.58 Å². The third-order valence-electron chi connectivity index (χ3n) is 17.4. The van der Waals surface area contributed by atoms with E-state index in [0.717, 1.165) is 17.5 Å². The Bertz CT molecular complexity index is 2200. The lowest BCUT2D eigenvalue weighted by atomic mass is 9.90. The lowest BCUT2D eigenvalue weighted by Gasteiger charge is -2.50. The summed E-state index contributed by atoms with van der Waals surface area (Å²) >= 11 is 2.44. The van der Waals surface area contributed by atoms with Crippen LogP contribution in [0.4, 0.5) is 0 Å². The highest BCUT2D eigenvalue weighted by Crippen LogP contribution is 2.42. The van der Waals surface area contributed by atoms with Crippen molar-refractivity contribution in [1.29, 1.82) is 0 Å². The van der Waals surface area contributed by atoms with E-state index in [1.54, 1.807) is 6.92 Å². The molecule has 21 aliphatic rings. The van der Waals surface area contributed by atoms with Crippen molar-refractivity contribution in [3.63, 3.8) is 0 Å². The van der Waals surface area contributed by atoms with E-state index in [0.29, 0.717) is 25.1 Å². The largest absolute Gasteiger partial charge is 0.394 e. The number of nitrogens with two attached hydrogens (primary N) is 1. The Balaban J connectivity index is 1.12. The third-order valence-corrected chi connectivity index (χ3v) is 19.9.